The lowest BCUT2D eigenvalue weighted by Gasteiger charge is -2.23. The van der Waals surface area contributed by atoms with E-state index in [9.17, 15) is 14.4 Å². The third-order valence-corrected chi connectivity index (χ3v) is 4.68. The fourth-order valence-corrected chi connectivity index (χ4v) is 2.17. The number of unbranched alkanes of at least 4 members (excludes halogenated alkanes) is 3. The van der Waals surface area contributed by atoms with E-state index in [4.69, 9.17) is 14.2 Å². The van der Waals surface area contributed by atoms with Crippen LogP contribution in [0.5, 0.6) is 0 Å². The molecule has 0 heterocycles. The second-order valence-electron chi connectivity index (χ2n) is 7.45. The van der Waals surface area contributed by atoms with E-state index in [1.54, 1.807) is 0 Å². The number of rotatable bonds is 15. The van der Waals surface area contributed by atoms with Gasteiger partial charge in [-0.3, -0.25) is 9.59 Å². The Kier molecular flexibility index (Phi) is 14.2. The van der Waals surface area contributed by atoms with Crippen molar-refractivity contribution in [3.63, 3.8) is 0 Å². The number of nitrogens with zero attached hydrogens (tertiary/aromatic N) is 1. The summed E-state index contributed by atoms with van der Waals surface area (Å²) in [4.78, 5) is 37.0. The number of likely N-dealkylation sites (N-methyl/N-ethyl adjacent to an activating group) is 1. The summed E-state index contributed by atoms with van der Waals surface area (Å²) in [6.07, 6.45) is 4.81. The second kappa shape index (κ2) is 15.2. The molecule has 0 aromatic rings. The van der Waals surface area contributed by atoms with Crippen LogP contribution in [-0.2, 0) is 23.8 Å². The predicted octanol–water partition coefficient (Wildman–Crippen LogP) is 4.33. The zero-order valence-electron chi connectivity index (χ0n) is 18.4. The van der Waals surface area contributed by atoms with Crippen LogP contribution in [0.25, 0.3) is 0 Å². The maximum atomic E-state index is 12.1. The molecule has 0 radical (unpaired) electrons. The van der Waals surface area contributed by atoms with Crippen LogP contribution in [0.1, 0.15) is 79.6 Å². The van der Waals surface area contributed by atoms with Crippen molar-refractivity contribution < 1.29 is 28.6 Å². The summed E-state index contributed by atoms with van der Waals surface area (Å²) in [5, 5.41) is 0. The van der Waals surface area contributed by atoms with Crippen LogP contribution < -0.4 is 0 Å². The fraction of sp³-hybridized carbons (Fsp3) is 0.857. The molecule has 0 spiro atoms. The molecule has 0 aromatic carbocycles. The quantitative estimate of drug-likeness (QED) is 0.231. The Morgan fingerprint density at radius 3 is 2.11 bits per heavy atom. The minimum absolute atomic E-state index is 0.158. The molecule has 7 nitrogen and oxygen atoms in total. The van der Waals surface area contributed by atoms with Crippen LogP contribution in [0.3, 0.4) is 0 Å². The van der Waals surface area contributed by atoms with Gasteiger partial charge >= 0.3 is 18.0 Å². The van der Waals surface area contributed by atoms with Gasteiger partial charge in [0.2, 0.25) is 0 Å². The number of amides is 1. The average Bonchev–Trinajstić information content (AvgIpc) is 2.67. The van der Waals surface area contributed by atoms with E-state index in [0.29, 0.717) is 45.6 Å². The van der Waals surface area contributed by atoms with Crippen molar-refractivity contribution in [3.05, 3.63) is 0 Å². The molecule has 0 aliphatic heterocycles. The normalized spacial score (nSPS) is 11.0. The van der Waals surface area contributed by atoms with E-state index in [-0.39, 0.29) is 18.5 Å². The average molecular weight is 402 g/mol. The molecule has 0 bridgehead atoms. The van der Waals surface area contributed by atoms with Crippen molar-refractivity contribution >= 4 is 18.0 Å². The molecule has 7 heteroatoms. The lowest BCUT2D eigenvalue weighted by molar-refractivity contribution is -0.154. The third kappa shape index (κ3) is 11.8. The fourth-order valence-electron chi connectivity index (χ4n) is 2.17. The second-order valence-corrected chi connectivity index (χ2v) is 7.45. The van der Waals surface area contributed by atoms with Crippen LogP contribution in [0, 0.1) is 5.41 Å². The molecule has 0 N–H and O–H groups in total. The zero-order chi connectivity index (χ0) is 21.4. The van der Waals surface area contributed by atoms with Crippen molar-refractivity contribution in [1.29, 1.82) is 0 Å². The van der Waals surface area contributed by atoms with Gasteiger partial charge in [0, 0.05) is 13.0 Å². The number of esters is 2. The maximum Gasteiger partial charge on any atom is 0.409 e. The molecule has 0 atom stereocenters. The Morgan fingerprint density at radius 1 is 0.821 bits per heavy atom. The lowest BCUT2D eigenvalue weighted by Crippen LogP contribution is -2.36. The van der Waals surface area contributed by atoms with Gasteiger partial charge in [0.1, 0.15) is 6.61 Å². The highest BCUT2D eigenvalue weighted by atomic mass is 16.6. The maximum absolute atomic E-state index is 12.1. The van der Waals surface area contributed by atoms with E-state index >= 15 is 0 Å². The first kappa shape index (κ1) is 26.2. The molecule has 1 amide bonds. The number of ether oxygens (including phenoxy) is 3. The van der Waals surface area contributed by atoms with Crippen molar-refractivity contribution in [1.82, 2.24) is 4.90 Å². The molecular formula is C21H39NO6. The largest absolute Gasteiger partial charge is 0.466 e. The summed E-state index contributed by atoms with van der Waals surface area (Å²) in [7, 11) is 0. The molecular weight excluding hydrogens is 362 g/mol. The van der Waals surface area contributed by atoms with E-state index in [0.717, 1.165) is 25.7 Å². The van der Waals surface area contributed by atoms with Crippen LogP contribution in [0.4, 0.5) is 4.79 Å². The first-order valence-electron chi connectivity index (χ1n) is 10.5. The molecule has 0 saturated carbocycles. The van der Waals surface area contributed by atoms with Crippen LogP contribution in [0.2, 0.25) is 0 Å². The van der Waals surface area contributed by atoms with Gasteiger partial charge < -0.3 is 19.1 Å². The Hall–Kier alpha value is -1.79. The Morgan fingerprint density at radius 2 is 1.50 bits per heavy atom. The van der Waals surface area contributed by atoms with Crippen molar-refractivity contribution in [3.8, 4) is 0 Å². The smallest absolute Gasteiger partial charge is 0.409 e. The summed E-state index contributed by atoms with van der Waals surface area (Å²) in [6, 6.07) is 0. The lowest BCUT2D eigenvalue weighted by atomic mass is 9.91. The topological polar surface area (TPSA) is 82.1 Å². The van der Waals surface area contributed by atoms with E-state index in [1.165, 1.54) is 4.90 Å². The molecule has 0 aliphatic carbocycles. The Labute approximate surface area is 170 Å². The molecule has 0 aromatic heterocycles. The molecule has 0 aliphatic rings. The van der Waals surface area contributed by atoms with Gasteiger partial charge in [-0.1, -0.05) is 20.3 Å². The number of hydrogen-bond donors (Lipinski definition) is 0. The van der Waals surface area contributed by atoms with Gasteiger partial charge in [0.05, 0.1) is 25.2 Å². The SMILES string of the molecule is CCCCOC(=O)CCCCCOC(=O)N(CC)CCOC(=O)C(C)(C)CC. The summed E-state index contributed by atoms with van der Waals surface area (Å²) in [5.74, 6) is -0.420. The van der Waals surface area contributed by atoms with Gasteiger partial charge in [-0.15, -0.1) is 0 Å². The highest BCUT2D eigenvalue weighted by Gasteiger charge is 2.27. The highest BCUT2D eigenvalue weighted by Crippen LogP contribution is 2.21. The summed E-state index contributed by atoms with van der Waals surface area (Å²) in [5.41, 5.74) is -0.514. The summed E-state index contributed by atoms with van der Waals surface area (Å²) >= 11 is 0. The van der Waals surface area contributed by atoms with Crippen molar-refractivity contribution in [2.24, 2.45) is 5.41 Å². The number of carbonyl (C=O) groups is 3. The van der Waals surface area contributed by atoms with Gasteiger partial charge in [-0.25, -0.2) is 4.79 Å². The van der Waals surface area contributed by atoms with Gasteiger partial charge in [0.25, 0.3) is 0 Å². The van der Waals surface area contributed by atoms with E-state index in [2.05, 4.69) is 6.92 Å². The molecule has 0 fully saturated rings. The Balaban J connectivity index is 3.88. The van der Waals surface area contributed by atoms with Crippen molar-refractivity contribution in [2.75, 3.05) is 32.9 Å². The molecule has 28 heavy (non-hydrogen) atoms. The van der Waals surface area contributed by atoms with Gasteiger partial charge in [-0.2, -0.15) is 0 Å². The molecule has 0 unspecified atom stereocenters. The van der Waals surface area contributed by atoms with Crippen LogP contribution >= 0.6 is 0 Å². The standard InChI is InChI=1S/C21H39NO6/c1-6-9-15-26-18(23)13-11-10-12-16-28-20(25)22(8-3)14-17-27-19(24)21(4,5)7-2/h6-17H2,1-5H3. The molecule has 0 saturated heterocycles. The summed E-state index contributed by atoms with van der Waals surface area (Å²) in [6.45, 7) is 11.3. The zero-order valence-corrected chi connectivity index (χ0v) is 18.4. The molecule has 0 rings (SSSR count). The minimum Gasteiger partial charge on any atom is -0.466 e. The number of carbonyl (C=O) groups excluding carboxylic acids is 3. The van der Waals surface area contributed by atoms with E-state index < -0.39 is 11.5 Å². The third-order valence-electron chi connectivity index (χ3n) is 4.68. The van der Waals surface area contributed by atoms with Crippen LogP contribution in [0.15, 0.2) is 0 Å². The summed E-state index contributed by atoms with van der Waals surface area (Å²) < 4.78 is 15.6. The van der Waals surface area contributed by atoms with Gasteiger partial charge in [0.15, 0.2) is 0 Å². The Bertz CT molecular complexity index is 464. The van der Waals surface area contributed by atoms with Crippen LogP contribution in [-0.4, -0.2) is 55.8 Å². The van der Waals surface area contributed by atoms with Crippen molar-refractivity contribution in [2.45, 2.75) is 79.6 Å². The van der Waals surface area contributed by atoms with Gasteiger partial charge in [-0.05, 0) is 52.9 Å². The molecule has 164 valence electrons. The monoisotopic (exact) mass is 401 g/mol. The van der Waals surface area contributed by atoms with E-state index in [1.807, 2.05) is 27.7 Å². The number of hydrogen-bond acceptors (Lipinski definition) is 6. The first-order chi connectivity index (χ1) is 13.3. The highest BCUT2D eigenvalue weighted by molar-refractivity contribution is 5.75. The predicted molar refractivity (Wildman–Crippen MR) is 108 cm³/mol. The minimum atomic E-state index is -0.514. The first-order valence-corrected chi connectivity index (χ1v) is 10.5.